The fraction of sp³-hybridized carbons (Fsp3) is 0.444. The monoisotopic (exact) mass is 236 g/mol. The van der Waals surface area contributed by atoms with Crippen LogP contribution >= 0.6 is 0 Å². The van der Waals surface area contributed by atoms with Gasteiger partial charge < -0.3 is 5.73 Å². The molecule has 8 heteroatoms. The number of hydrogen-bond acceptors (Lipinski definition) is 6. The summed E-state index contributed by atoms with van der Waals surface area (Å²) in [4.78, 5) is 0. The van der Waals surface area contributed by atoms with Crippen molar-refractivity contribution >= 4 is 5.82 Å². The Kier molecular flexibility index (Phi) is 3.07. The molecule has 2 rings (SSSR count). The second-order valence-corrected chi connectivity index (χ2v) is 3.92. The molecule has 1 atom stereocenters. The molecule has 92 valence electrons. The van der Waals surface area contributed by atoms with Crippen LogP contribution in [0.15, 0.2) is 12.4 Å². The molecule has 0 aliphatic carbocycles. The second-order valence-electron chi connectivity index (χ2n) is 3.92. The first-order chi connectivity index (χ1) is 8.11. The predicted octanol–water partition coefficient (Wildman–Crippen LogP) is -1.12. The maximum atomic E-state index is 5.90. The first-order valence-electron chi connectivity index (χ1n) is 5.20. The summed E-state index contributed by atoms with van der Waals surface area (Å²) in [5.74, 6) is 6.13. The molecular formula is C9H16N8. The lowest BCUT2D eigenvalue weighted by atomic mass is 10.1. The van der Waals surface area contributed by atoms with Gasteiger partial charge in [0.15, 0.2) is 0 Å². The molecule has 0 radical (unpaired) electrons. The van der Waals surface area contributed by atoms with E-state index in [9.17, 15) is 0 Å². The molecule has 1 unspecified atom stereocenters. The van der Waals surface area contributed by atoms with Crippen LogP contribution in [0, 0.1) is 0 Å². The molecule has 0 saturated carbocycles. The Balaban J connectivity index is 2.19. The number of nitrogens with zero attached hydrogens (tertiary/aromatic N) is 5. The molecule has 0 aliphatic heterocycles. The number of nitrogen functional groups attached to an aromatic ring is 1. The lowest BCUT2D eigenvalue weighted by Crippen LogP contribution is -2.30. The smallest absolute Gasteiger partial charge is 0.126 e. The van der Waals surface area contributed by atoms with Crippen molar-refractivity contribution < 1.29 is 0 Å². The number of rotatable bonds is 4. The van der Waals surface area contributed by atoms with E-state index in [-0.39, 0.29) is 6.04 Å². The molecule has 0 aromatic carbocycles. The Morgan fingerprint density at radius 1 is 1.47 bits per heavy atom. The minimum absolute atomic E-state index is 0.125. The van der Waals surface area contributed by atoms with Crippen LogP contribution < -0.4 is 17.0 Å². The highest BCUT2D eigenvalue weighted by Crippen LogP contribution is 2.21. The van der Waals surface area contributed by atoms with E-state index in [0.717, 1.165) is 11.3 Å². The maximum absolute atomic E-state index is 5.90. The molecular weight excluding hydrogens is 220 g/mol. The molecule has 0 bridgehead atoms. The highest BCUT2D eigenvalue weighted by Gasteiger charge is 2.18. The Hall–Kier alpha value is -1.93. The van der Waals surface area contributed by atoms with E-state index in [4.69, 9.17) is 11.6 Å². The van der Waals surface area contributed by atoms with Crippen LogP contribution in [0.3, 0.4) is 0 Å². The number of aryl methyl sites for hydroxylation is 2. The standard InChI is InChI=1S/C9H16N8/c1-16-5-6(14-15-16)3-8(13-11)7-4-12-17(2)9(7)10/h4-5,8,13H,3,10-11H2,1-2H3. The van der Waals surface area contributed by atoms with Crippen LogP contribution in [0.4, 0.5) is 5.82 Å². The Bertz CT molecular complexity index is 499. The summed E-state index contributed by atoms with van der Waals surface area (Å²) in [7, 11) is 3.61. The lowest BCUT2D eigenvalue weighted by molar-refractivity contribution is 0.546. The van der Waals surface area contributed by atoms with E-state index in [1.807, 2.05) is 13.2 Å². The van der Waals surface area contributed by atoms with Gasteiger partial charge in [-0.15, -0.1) is 5.10 Å². The van der Waals surface area contributed by atoms with Crippen molar-refractivity contribution in [1.82, 2.24) is 30.2 Å². The number of nitrogens with two attached hydrogens (primary N) is 2. The third-order valence-electron chi connectivity index (χ3n) is 2.65. The van der Waals surface area contributed by atoms with Crippen LogP contribution in [0.2, 0.25) is 0 Å². The van der Waals surface area contributed by atoms with Gasteiger partial charge in [-0.25, -0.2) is 0 Å². The fourth-order valence-corrected chi connectivity index (χ4v) is 1.69. The molecule has 17 heavy (non-hydrogen) atoms. The molecule has 8 nitrogen and oxygen atoms in total. The Labute approximate surface area is 98.6 Å². The van der Waals surface area contributed by atoms with E-state index >= 15 is 0 Å². The number of hydrogen-bond donors (Lipinski definition) is 3. The van der Waals surface area contributed by atoms with Gasteiger partial charge in [-0.1, -0.05) is 5.21 Å². The predicted molar refractivity (Wildman–Crippen MR) is 62.4 cm³/mol. The molecule has 0 saturated heterocycles. The quantitative estimate of drug-likeness (QED) is 0.458. The summed E-state index contributed by atoms with van der Waals surface area (Å²) in [6.45, 7) is 0. The highest BCUT2D eigenvalue weighted by molar-refractivity contribution is 5.41. The number of anilines is 1. The summed E-state index contributed by atoms with van der Waals surface area (Å²) in [5.41, 5.74) is 10.3. The lowest BCUT2D eigenvalue weighted by Gasteiger charge is -2.13. The molecule has 2 heterocycles. The summed E-state index contributed by atoms with van der Waals surface area (Å²) in [6, 6.07) is -0.125. The first-order valence-corrected chi connectivity index (χ1v) is 5.20. The molecule has 2 aromatic heterocycles. The van der Waals surface area contributed by atoms with E-state index in [2.05, 4.69) is 20.8 Å². The number of hydrazine groups is 1. The van der Waals surface area contributed by atoms with Crippen LogP contribution in [-0.2, 0) is 20.5 Å². The maximum Gasteiger partial charge on any atom is 0.126 e. The van der Waals surface area contributed by atoms with E-state index in [0.29, 0.717) is 12.2 Å². The molecule has 2 aromatic rings. The normalized spacial score (nSPS) is 12.9. The Morgan fingerprint density at radius 3 is 2.71 bits per heavy atom. The van der Waals surface area contributed by atoms with E-state index in [1.165, 1.54) is 0 Å². The summed E-state index contributed by atoms with van der Waals surface area (Å²) in [6.07, 6.45) is 4.16. The van der Waals surface area contributed by atoms with Crippen LogP contribution in [-0.4, -0.2) is 24.8 Å². The first kappa shape index (κ1) is 11.6. The van der Waals surface area contributed by atoms with Crippen molar-refractivity contribution in [3.8, 4) is 0 Å². The topological polar surface area (TPSA) is 113 Å². The van der Waals surface area contributed by atoms with E-state index < -0.39 is 0 Å². The zero-order valence-electron chi connectivity index (χ0n) is 9.83. The summed E-state index contributed by atoms with van der Waals surface area (Å²) >= 11 is 0. The molecule has 5 N–H and O–H groups in total. The van der Waals surface area contributed by atoms with Crippen molar-refractivity contribution in [2.75, 3.05) is 5.73 Å². The van der Waals surface area contributed by atoms with Crippen LogP contribution in [0.5, 0.6) is 0 Å². The summed E-state index contributed by atoms with van der Waals surface area (Å²) in [5, 5.41) is 12.0. The molecule has 0 amide bonds. The van der Waals surface area contributed by atoms with Gasteiger partial charge in [0.25, 0.3) is 0 Å². The van der Waals surface area contributed by atoms with Gasteiger partial charge in [0.05, 0.1) is 17.9 Å². The van der Waals surface area contributed by atoms with Crippen molar-refractivity contribution in [3.63, 3.8) is 0 Å². The van der Waals surface area contributed by atoms with Gasteiger partial charge >= 0.3 is 0 Å². The zero-order chi connectivity index (χ0) is 12.4. The number of nitrogens with one attached hydrogen (secondary N) is 1. The minimum Gasteiger partial charge on any atom is -0.384 e. The third kappa shape index (κ3) is 2.27. The van der Waals surface area contributed by atoms with Gasteiger partial charge in [-0.2, -0.15) is 5.10 Å². The molecule has 0 fully saturated rings. The third-order valence-corrected chi connectivity index (χ3v) is 2.65. The molecule has 0 spiro atoms. The van der Waals surface area contributed by atoms with Crippen molar-refractivity contribution in [2.45, 2.75) is 12.5 Å². The summed E-state index contributed by atoms with van der Waals surface area (Å²) < 4.78 is 3.26. The van der Waals surface area contributed by atoms with E-state index in [1.54, 1.807) is 22.6 Å². The highest BCUT2D eigenvalue weighted by atomic mass is 15.4. The molecule has 0 aliphatic rings. The second kappa shape index (κ2) is 4.52. The number of aromatic nitrogens is 5. The van der Waals surface area contributed by atoms with Gasteiger partial charge in [0.2, 0.25) is 0 Å². The van der Waals surface area contributed by atoms with Gasteiger partial charge in [0.1, 0.15) is 5.82 Å². The van der Waals surface area contributed by atoms with Crippen LogP contribution in [0.25, 0.3) is 0 Å². The SMILES string of the molecule is Cn1cc(CC(NN)c2cnn(C)c2N)nn1. The van der Waals surface area contributed by atoms with Crippen molar-refractivity contribution in [3.05, 3.63) is 23.7 Å². The minimum atomic E-state index is -0.125. The zero-order valence-corrected chi connectivity index (χ0v) is 9.83. The average molecular weight is 236 g/mol. The average Bonchev–Trinajstić information content (AvgIpc) is 2.85. The van der Waals surface area contributed by atoms with Crippen molar-refractivity contribution in [2.24, 2.45) is 19.9 Å². The van der Waals surface area contributed by atoms with Gasteiger partial charge in [-0.3, -0.25) is 20.6 Å². The van der Waals surface area contributed by atoms with Crippen molar-refractivity contribution in [1.29, 1.82) is 0 Å². The van der Waals surface area contributed by atoms with Crippen LogP contribution in [0.1, 0.15) is 17.3 Å². The largest absolute Gasteiger partial charge is 0.384 e. The van der Waals surface area contributed by atoms with Gasteiger partial charge in [0, 0.05) is 32.3 Å². The fourth-order valence-electron chi connectivity index (χ4n) is 1.69. The van der Waals surface area contributed by atoms with Gasteiger partial charge in [-0.05, 0) is 0 Å². The Morgan fingerprint density at radius 2 is 2.24 bits per heavy atom.